The van der Waals surface area contributed by atoms with Crippen LogP contribution in [0.4, 0.5) is 8.78 Å². The highest BCUT2D eigenvalue weighted by Gasteiger charge is 2.18. The van der Waals surface area contributed by atoms with Gasteiger partial charge in [0.2, 0.25) is 5.91 Å². The van der Waals surface area contributed by atoms with Gasteiger partial charge in [0.1, 0.15) is 11.6 Å². The third-order valence-electron chi connectivity index (χ3n) is 5.23. The second kappa shape index (κ2) is 7.99. The lowest BCUT2D eigenvalue weighted by Crippen LogP contribution is -2.34. The molecule has 0 spiro atoms. The van der Waals surface area contributed by atoms with Gasteiger partial charge in [-0.25, -0.2) is 8.78 Å². The number of nitrogens with one attached hydrogen (secondary N) is 1. The van der Waals surface area contributed by atoms with E-state index in [2.05, 4.69) is 4.98 Å². The SMILES string of the molecule is O=C(CCc1cc2ccc(F)cc2c(=O)[nH]1)N1CC=C(c2cccc(F)c2)CC1. The van der Waals surface area contributed by atoms with Gasteiger partial charge in [-0.1, -0.05) is 24.3 Å². The fraction of sp³-hybridized carbons (Fsp3) is 0.217. The summed E-state index contributed by atoms with van der Waals surface area (Å²) in [5.74, 6) is -0.727. The van der Waals surface area contributed by atoms with Crippen LogP contribution in [0, 0.1) is 11.6 Å². The summed E-state index contributed by atoms with van der Waals surface area (Å²) < 4.78 is 26.7. The number of halogens is 2. The number of pyridine rings is 1. The summed E-state index contributed by atoms with van der Waals surface area (Å²) in [5, 5.41) is 0.948. The van der Waals surface area contributed by atoms with Crippen LogP contribution in [0.3, 0.4) is 0 Å². The Kier molecular flexibility index (Phi) is 5.25. The minimum absolute atomic E-state index is 0.000376. The monoisotopic (exact) mass is 394 g/mol. The molecule has 6 heteroatoms. The number of nitrogens with zero attached hydrogens (tertiary/aromatic N) is 1. The Morgan fingerprint density at radius 3 is 2.66 bits per heavy atom. The van der Waals surface area contributed by atoms with E-state index in [9.17, 15) is 18.4 Å². The van der Waals surface area contributed by atoms with Crippen molar-refractivity contribution in [1.82, 2.24) is 9.88 Å². The van der Waals surface area contributed by atoms with Crippen LogP contribution >= 0.6 is 0 Å². The molecule has 0 bridgehead atoms. The molecular formula is C23H20F2N2O2. The number of hydrogen-bond donors (Lipinski definition) is 1. The molecule has 2 aromatic carbocycles. The Hall–Kier alpha value is -3.28. The van der Waals surface area contributed by atoms with E-state index < -0.39 is 5.82 Å². The minimum Gasteiger partial charge on any atom is -0.339 e. The lowest BCUT2D eigenvalue weighted by molar-refractivity contribution is -0.130. The lowest BCUT2D eigenvalue weighted by atomic mass is 9.99. The molecule has 1 amide bonds. The van der Waals surface area contributed by atoms with Crippen molar-refractivity contribution in [2.45, 2.75) is 19.3 Å². The maximum absolute atomic E-state index is 13.4. The number of carbonyl (C=O) groups excluding carboxylic acids is 1. The molecule has 3 aromatic rings. The zero-order valence-electron chi connectivity index (χ0n) is 15.8. The summed E-state index contributed by atoms with van der Waals surface area (Å²) in [6, 6.07) is 12.3. The number of H-pyrrole nitrogens is 1. The first-order valence-corrected chi connectivity index (χ1v) is 9.54. The summed E-state index contributed by atoms with van der Waals surface area (Å²) in [6.07, 6.45) is 3.31. The standard InChI is InChI=1S/C23H20F2N2O2/c24-18-3-1-2-16(12-18)15-8-10-27(11-9-15)22(28)7-6-20-13-17-4-5-19(25)14-21(17)23(29)26-20/h1-5,8,12-14H,6-7,9-11H2,(H,26,29). The topological polar surface area (TPSA) is 53.2 Å². The number of rotatable bonds is 4. The highest BCUT2D eigenvalue weighted by Crippen LogP contribution is 2.23. The number of hydrogen-bond acceptors (Lipinski definition) is 2. The number of benzene rings is 2. The molecule has 1 aliphatic rings. The van der Waals surface area contributed by atoms with E-state index in [4.69, 9.17) is 0 Å². The van der Waals surface area contributed by atoms with E-state index in [1.54, 1.807) is 23.1 Å². The predicted octanol–water partition coefficient (Wildman–Crippen LogP) is 4.05. The van der Waals surface area contributed by atoms with Crippen molar-refractivity contribution < 1.29 is 13.6 Å². The van der Waals surface area contributed by atoms with Crippen LogP contribution in [0.5, 0.6) is 0 Å². The number of aromatic amines is 1. The molecule has 0 unspecified atom stereocenters. The summed E-state index contributed by atoms with van der Waals surface area (Å²) >= 11 is 0. The van der Waals surface area contributed by atoms with Crippen molar-refractivity contribution in [2.24, 2.45) is 0 Å². The summed E-state index contributed by atoms with van der Waals surface area (Å²) in [5.41, 5.74) is 2.18. The van der Waals surface area contributed by atoms with Gasteiger partial charge in [-0.15, -0.1) is 0 Å². The Labute approximate surface area is 166 Å². The number of aromatic nitrogens is 1. The second-order valence-electron chi connectivity index (χ2n) is 7.18. The first-order chi connectivity index (χ1) is 14.0. The largest absolute Gasteiger partial charge is 0.339 e. The maximum atomic E-state index is 13.4. The van der Waals surface area contributed by atoms with Crippen molar-refractivity contribution in [1.29, 1.82) is 0 Å². The maximum Gasteiger partial charge on any atom is 0.256 e. The molecule has 0 saturated carbocycles. The molecule has 0 atom stereocenters. The average molecular weight is 394 g/mol. The van der Waals surface area contributed by atoms with Crippen LogP contribution in [0.15, 0.2) is 59.4 Å². The molecule has 0 radical (unpaired) electrons. The van der Waals surface area contributed by atoms with Crippen LogP contribution in [-0.2, 0) is 11.2 Å². The van der Waals surface area contributed by atoms with E-state index in [0.717, 1.165) is 11.1 Å². The van der Waals surface area contributed by atoms with Crippen LogP contribution in [0.2, 0.25) is 0 Å². The molecule has 29 heavy (non-hydrogen) atoms. The van der Waals surface area contributed by atoms with E-state index in [1.807, 2.05) is 12.1 Å². The molecule has 1 N–H and O–H groups in total. The Morgan fingerprint density at radius 2 is 1.90 bits per heavy atom. The predicted molar refractivity (Wildman–Crippen MR) is 108 cm³/mol. The van der Waals surface area contributed by atoms with Crippen LogP contribution in [0.1, 0.15) is 24.1 Å². The number of amides is 1. The third-order valence-corrected chi connectivity index (χ3v) is 5.23. The van der Waals surface area contributed by atoms with Gasteiger partial charge in [0, 0.05) is 30.6 Å². The van der Waals surface area contributed by atoms with Crippen molar-refractivity contribution in [2.75, 3.05) is 13.1 Å². The molecule has 4 rings (SSSR count). The smallest absolute Gasteiger partial charge is 0.256 e. The molecule has 148 valence electrons. The van der Waals surface area contributed by atoms with E-state index >= 15 is 0 Å². The number of aryl methyl sites for hydroxylation is 1. The van der Waals surface area contributed by atoms with E-state index in [1.165, 1.54) is 24.3 Å². The molecule has 2 heterocycles. The molecule has 1 aromatic heterocycles. The van der Waals surface area contributed by atoms with Crippen molar-refractivity contribution in [3.63, 3.8) is 0 Å². The van der Waals surface area contributed by atoms with Crippen molar-refractivity contribution in [3.8, 4) is 0 Å². The average Bonchev–Trinajstić information content (AvgIpc) is 2.73. The van der Waals surface area contributed by atoms with Gasteiger partial charge < -0.3 is 9.88 Å². The normalized spacial score (nSPS) is 14.1. The summed E-state index contributed by atoms with van der Waals surface area (Å²) in [6.45, 7) is 1.06. The van der Waals surface area contributed by atoms with Crippen LogP contribution in [-0.4, -0.2) is 28.9 Å². The third kappa shape index (κ3) is 4.26. The van der Waals surface area contributed by atoms with E-state index in [0.29, 0.717) is 42.4 Å². The zero-order valence-corrected chi connectivity index (χ0v) is 15.8. The lowest BCUT2D eigenvalue weighted by Gasteiger charge is -2.27. The quantitative estimate of drug-likeness (QED) is 0.726. The second-order valence-corrected chi connectivity index (χ2v) is 7.18. The van der Waals surface area contributed by atoms with Gasteiger partial charge in [0.05, 0.1) is 0 Å². The van der Waals surface area contributed by atoms with Gasteiger partial charge in [0.15, 0.2) is 0 Å². The molecule has 1 aliphatic heterocycles. The van der Waals surface area contributed by atoms with Crippen LogP contribution < -0.4 is 5.56 Å². The Bertz CT molecular complexity index is 1170. The summed E-state index contributed by atoms with van der Waals surface area (Å²) in [7, 11) is 0. The fourth-order valence-corrected chi connectivity index (χ4v) is 3.67. The fourth-order valence-electron chi connectivity index (χ4n) is 3.67. The van der Waals surface area contributed by atoms with E-state index in [-0.39, 0.29) is 23.7 Å². The van der Waals surface area contributed by atoms with Gasteiger partial charge in [-0.3, -0.25) is 9.59 Å². The van der Waals surface area contributed by atoms with Gasteiger partial charge in [-0.2, -0.15) is 0 Å². The molecule has 4 nitrogen and oxygen atoms in total. The van der Waals surface area contributed by atoms with Crippen LogP contribution in [0.25, 0.3) is 16.3 Å². The molecule has 0 saturated heterocycles. The molecular weight excluding hydrogens is 374 g/mol. The number of carbonyl (C=O) groups is 1. The van der Waals surface area contributed by atoms with Crippen molar-refractivity contribution >= 4 is 22.3 Å². The Morgan fingerprint density at radius 1 is 1.07 bits per heavy atom. The van der Waals surface area contributed by atoms with Gasteiger partial charge >= 0.3 is 0 Å². The zero-order chi connectivity index (χ0) is 20.4. The molecule has 0 aliphatic carbocycles. The van der Waals surface area contributed by atoms with Gasteiger partial charge in [0.25, 0.3) is 5.56 Å². The van der Waals surface area contributed by atoms with Gasteiger partial charge in [-0.05, 0) is 59.7 Å². The highest BCUT2D eigenvalue weighted by atomic mass is 19.1. The Balaban J connectivity index is 1.40. The minimum atomic E-state index is -0.457. The molecule has 0 fully saturated rings. The highest BCUT2D eigenvalue weighted by molar-refractivity contribution is 5.82. The first kappa shape index (κ1) is 19.1. The summed E-state index contributed by atoms with van der Waals surface area (Å²) in [4.78, 5) is 29.2. The number of fused-ring (bicyclic) bond motifs is 1. The van der Waals surface area contributed by atoms with Crippen molar-refractivity contribution in [3.05, 3.63) is 87.9 Å². The first-order valence-electron chi connectivity index (χ1n) is 9.54.